The molecule has 2 aromatic rings. The second-order valence-corrected chi connectivity index (χ2v) is 7.22. The first kappa shape index (κ1) is 15.6. The number of nitrogens with zero attached hydrogens (tertiary/aromatic N) is 1. The molecule has 0 unspecified atom stereocenters. The van der Waals surface area contributed by atoms with Gasteiger partial charge in [-0.05, 0) is 46.3 Å². The summed E-state index contributed by atoms with van der Waals surface area (Å²) >= 11 is 3.31. The molecule has 0 aliphatic carbocycles. The van der Waals surface area contributed by atoms with Gasteiger partial charge in [0.2, 0.25) is 10.0 Å². The third-order valence-corrected chi connectivity index (χ3v) is 3.69. The van der Waals surface area contributed by atoms with Gasteiger partial charge < -0.3 is 9.88 Å². The van der Waals surface area contributed by atoms with E-state index in [-0.39, 0.29) is 5.91 Å². The van der Waals surface area contributed by atoms with Crippen LogP contribution < -0.4 is 10.0 Å². The first-order chi connectivity index (χ1) is 9.74. The Morgan fingerprint density at radius 3 is 2.24 bits per heavy atom. The van der Waals surface area contributed by atoms with Gasteiger partial charge in [-0.3, -0.25) is 9.52 Å². The molecule has 0 bridgehead atoms. The smallest absolute Gasteiger partial charge is 0.272 e. The Balaban J connectivity index is 2.10. The van der Waals surface area contributed by atoms with Gasteiger partial charge in [-0.25, -0.2) is 8.42 Å². The van der Waals surface area contributed by atoms with Crippen LogP contribution in [0.25, 0.3) is 0 Å². The van der Waals surface area contributed by atoms with Crippen molar-refractivity contribution in [1.29, 1.82) is 0 Å². The molecule has 0 radical (unpaired) electrons. The molecular weight excluding hydrogens is 358 g/mol. The molecule has 6 nitrogen and oxygen atoms in total. The van der Waals surface area contributed by atoms with E-state index in [1.165, 1.54) is 0 Å². The van der Waals surface area contributed by atoms with Crippen molar-refractivity contribution in [2.45, 2.75) is 0 Å². The van der Waals surface area contributed by atoms with Crippen LogP contribution >= 0.6 is 15.9 Å². The summed E-state index contributed by atoms with van der Waals surface area (Å²) in [6.45, 7) is 0. The average Bonchev–Trinajstić information content (AvgIpc) is 2.69. The standard InChI is InChI=1S/C13H14BrN3O3S/c1-17-8-9(14)7-12(17)13(18)15-10-3-5-11(6-4-10)16-21(2,19)20/h3-8,16H,1-2H3,(H,15,18). The number of hydrogen-bond donors (Lipinski definition) is 2. The van der Waals surface area contributed by atoms with Crippen molar-refractivity contribution in [2.75, 3.05) is 16.3 Å². The highest BCUT2D eigenvalue weighted by atomic mass is 79.9. The van der Waals surface area contributed by atoms with E-state index in [0.717, 1.165) is 10.7 Å². The SMILES string of the molecule is Cn1cc(Br)cc1C(=O)Nc1ccc(NS(C)(=O)=O)cc1. The lowest BCUT2D eigenvalue weighted by atomic mass is 10.3. The van der Waals surface area contributed by atoms with Crippen molar-refractivity contribution < 1.29 is 13.2 Å². The number of halogens is 1. The van der Waals surface area contributed by atoms with Crippen LogP contribution in [0.1, 0.15) is 10.5 Å². The Hall–Kier alpha value is -1.80. The summed E-state index contributed by atoms with van der Waals surface area (Å²) in [4.78, 5) is 12.1. The van der Waals surface area contributed by atoms with Crippen molar-refractivity contribution in [3.8, 4) is 0 Å². The third kappa shape index (κ3) is 4.33. The Morgan fingerprint density at radius 1 is 1.19 bits per heavy atom. The van der Waals surface area contributed by atoms with Crippen LogP contribution in [0.15, 0.2) is 41.0 Å². The molecule has 21 heavy (non-hydrogen) atoms. The summed E-state index contributed by atoms with van der Waals surface area (Å²) in [5.41, 5.74) is 1.54. The highest BCUT2D eigenvalue weighted by molar-refractivity contribution is 9.10. The number of nitrogens with one attached hydrogen (secondary N) is 2. The van der Waals surface area contributed by atoms with Crippen molar-refractivity contribution in [1.82, 2.24) is 4.57 Å². The number of benzene rings is 1. The maximum atomic E-state index is 12.1. The molecule has 1 aromatic carbocycles. The molecule has 1 heterocycles. The molecule has 0 saturated carbocycles. The highest BCUT2D eigenvalue weighted by Crippen LogP contribution is 2.17. The largest absolute Gasteiger partial charge is 0.345 e. The van der Waals surface area contributed by atoms with E-state index in [2.05, 4.69) is 26.0 Å². The van der Waals surface area contributed by atoms with Crippen molar-refractivity contribution in [2.24, 2.45) is 7.05 Å². The minimum absolute atomic E-state index is 0.243. The number of sulfonamides is 1. The first-order valence-electron chi connectivity index (χ1n) is 5.96. The predicted molar refractivity (Wildman–Crippen MR) is 86.0 cm³/mol. The Bertz CT molecular complexity index is 766. The molecule has 0 aliphatic heterocycles. The Labute approximate surface area is 131 Å². The average molecular weight is 372 g/mol. The van der Waals surface area contributed by atoms with E-state index in [0.29, 0.717) is 17.1 Å². The number of rotatable bonds is 4. The normalized spacial score (nSPS) is 11.2. The van der Waals surface area contributed by atoms with Gasteiger partial charge in [-0.1, -0.05) is 0 Å². The van der Waals surface area contributed by atoms with E-state index in [1.807, 2.05) is 0 Å². The number of amides is 1. The van der Waals surface area contributed by atoms with Crippen LogP contribution in [-0.4, -0.2) is 25.1 Å². The van der Waals surface area contributed by atoms with Gasteiger partial charge in [0.15, 0.2) is 0 Å². The molecule has 0 saturated heterocycles. The molecule has 2 N–H and O–H groups in total. The maximum absolute atomic E-state index is 12.1. The summed E-state index contributed by atoms with van der Waals surface area (Å²) in [5.74, 6) is -0.243. The number of aromatic nitrogens is 1. The van der Waals surface area contributed by atoms with Crippen LogP contribution in [-0.2, 0) is 17.1 Å². The Morgan fingerprint density at radius 2 is 1.76 bits per heavy atom. The highest BCUT2D eigenvalue weighted by Gasteiger charge is 2.11. The van der Waals surface area contributed by atoms with E-state index in [4.69, 9.17) is 0 Å². The molecule has 1 aromatic heterocycles. The van der Waals surface area contributed by atoms with Crippen LogP contribution in [0, 0.1) is 0 Å². The van der Waals surface area contributed by atoms with E-state index < -0.39 is 10.0 Å². The fourth-order valence-corrected chi connectivity index (χ4v) is 2.87. The van der Waals surface area contributed by atoms with Gasteiger partial charge in [0.05, 0.1) is 6.26 Å². The van der Waals surface area contributed by atoms with Crippen LogP contribution in [0.3, 0.4) is 0 Å². The van der Waals surface area contributed by atoms with Crippen LogP contribution in [0.2, 0.25) is 0 Å². The lowest BCUT2D eigenvalue weighted by Gasteiger charge is -2.08. The number of carbonyl (C=O) groups is 1. The number of anilines is 2. The van der Waals surface area contributed by atoms with Gasteiger partial charge in [-0.2, -0.15) is 0 Å². The van der Waals surface area contributed by atoms with E-state index in [9.17, 15) is 13.2 Å². The Kier molecular flexibility index (Phi) is 4.38. The molecule has 112 valence electrons. The lowest BCUT2D eigenvalue weighted by Crippen LogP contribution is -2.15. The molecule has 0 aliphatic rings. The zero-order valence-corrected chi connectivity index (χ0v) is 13.8. The molecular formula is C13H14BrN3O3S. The van der Waals surface area contributed by atoms with E-state index >= 15 is 0 Å². The first-order valence-corrected chi connectivity index (χ1v) is 8.64. The van der Waals surface area contributed by atoms with Gasteiger partial charge >= 0.3 is 0 Å². The summed E-state index contributed by atoms with van der Waals surface area (Å²) in [6.07, 6.45) is 2.87. The molecule has 8 heteroatoms. The predicted octanol–water partition coefficient (Wildman–Crippen LogP) is 2.41. The van der Waals surface area contributed by atoms with Gasteiger partial charge in [0.25, 0.3) is 5.91 Å². The molecule has 0 spiro atoms. The lowest BCUT2D eigenvalue weighted by molar-refractivity contribution is 0.101. The summed E-state index contributed by atoms with van der Waals surface area (Å²) in [6, 6.07) is 8.14. The molecule has 2 rings (SSSR count). The van der Waals surface area contributed by atoms with E-state index in [1.54, 1.807) is 48.1 Å². The van der Waals surface area contributed by atoms with Crippen molar-refractivity contribution in [3.05, 3.63) is 46.7 Å². The summed E-state index contributed by atoms with van der Waals surface area (Å²) in [5, 5.41) is 2.74. The van der Waals surface area contributed by atoms with Gasteiger partial charge in [0, 0.05) is 29.1 Å². The molecule has 0 fully saturated rings. The van der Waals surface area contributed by atoms with Crippen LogP contribution in [0.4, 0.5) is 11.4 Å². The van der Waals surface area contributed by atoms with Crippen molar-refractivity contribution in [3.63, 3.8) is 0 Å². The van der Waals surface area contributed by atoms with Gasteiger partial charge in [0.1, 0.15) is 5.69 Å². The molecule has 0 atom stereocenters. The topological polar surface area (TPSA) is 80.2 Å². The second kappa shape index (κ2) is 5.90. The number of aryl methyl sites for hydroxylation is 1. The third-order valence-electron chi connectivity index (χ3n) is 2.65. The summed E-state index contributed by atoms with van der Waals surface area (Å²) in [7, 11) is -1.53. The summed E-state index contributed by atoms with van der Waals surface area (Å²) < 4.78 is 27.1. The quantitative estimate of drug-likeness (QED) is 0.865. The van der Waals surface area contributed by atoms with Gasteiger partial charge in [-0.15, -0.1) is 0 Å². The fraction of sp³-hybridized carbons (Fsp3) is 0.154. The zero-order valence-electron chi connectivity index (χ0n) is 11.4. The number of hydrogen-bond acceptors (Lipinski definition) is 3. The molecule has 1 amide bonds. The minimum Gasteiger partial charge on any atom is -0.345 e. The van der Waals surface area contributed by atoms with Crippen LogP contribution in [0.5, 0.6) is 0 Å². The van der Waals surface area contributed by atoms with Crippen molar-refractivity contribution >= 4 is 43.2 Å². The fourth-order valence-electron chi connectivity index (χ4n) is 1.78. The maximum Gasteiger partial charge on any atom is 0.272 e. The second-order valence-electron chi connectivity index (χ2n) is 4.56. The number of carbonyl (C=O) groups excluding carboxylic acids is 1. The minimum atomic E-state index is -3.30. The monoisotopic (exact) mass is 371 g/mol. The zero-order chi connectivity index (χ0) is 15.6.